The number of allylic oxidation sites excluding steroid dienone is 2. The Kier molecular flexibility index (Phi) is 3.51. The Labute approximate surface area is 168 Å². The number of pyridine rings is 1. The van der Waals surface area contributed by atoms with Crippen molar-refractivity contribution in [2.24, 2.45) is 0 Å². The summed E-state index contributed by atoms with van der Waals surface area (Å²) >= 11 is 0. The van der Waals surface area contributed by atoms with Crippen LogP contribution in [0.1, 0.15) is 54.5 Å². The first kappa shape index (κ1) is 17.7. The first-order valence-electron chi connectivity index (χ1n) is 10.7. The molecule has 1 heteroatoms. The van der Waals surface area contributed by atoms with Gasteiger partial charge in [0.1, 0.15) is 0 Å². The van der Waals surface area contributed by atoms with Crippen LogP contribution in [0, 0.1) is 27.7 Å². The molecule has 28 heavy (non-hydrogen) atoms. The molecule has 1 aromatic heterocycles. The van der Waals surface area contributed by atoms with Crippen LogP contribution in [0.3, 0.4) is 0 Å². The molecule has 1 aliphatic carbocycles. The maximum absolute atomic E-state index is 2.69. The zero-order valence-electron chi connectivity index (χ0n) is 18.0. The van der Waals surface area contributed by atoms with Gasteiger partial charge in [0.15, 0.2) is 5.54 Å². The molecule has 3 aromatic rings. The third kappa shape index (κ3) is 1.85. The van der Waals surface area contributed by atoms with E-state index in [-0.39, 0.29) is 11.0 Å². The van der Waals surface area contributed by atoms with Gasteiger partial charge in [0.2, 0.25) is 11.2 Å². The molecular formula is C27H30N+. The van der Waals surface area contributed by atoms with E-state index in [0.717, 1.165) is 12.8 Å². The lowest BCUT2D eigenvalue weighted by Gasteiger charge is -2.53. The number of nitrogens with zero attached hydrogens (tertiary/aromatic N) is 1. The fraction of sp³-hybridized carbons (Fsp3) is 0.370. The smallest absolute Gasteiger partial charge is 0.181 e. The van der Waals surface area contributed by atoms with Crippen LogP contribution in [0.2, 0.25) is 0 Å². The highest BCUT2D eigenvalue weighted by Gasteiger charge is 2.65. The molecule has 2 aliphatic rings. The number of hydrogen-bond donors (Lipinski definition) is 0. The van der Waals surface area contributed by atoms with Crippen molar-refractivity contribution < 1.29 is 4.57 Å². The number of aryl methyl sites for hydroxylation is 4. The Bertz CT molecular complexity index is 1180. The monoisotopic (exact) mass is 368 g/mol. The Hall–Kier alpha value is -2.41. The molecule has 2 unspecified atom stereocenters. The molecule has 0 spiro atoms. The van der Waals surface area contributed by atoms with Crippen LogP contribution >= 0.6 is 0 Å². The van der Waals surface area contributed by atoms with Gasteiger partial charge in [-0.2, -0.15) is 4.57 Å². The van der Waals surface area contributed by atoms with E-state index in [1.54, 1.807) is 5.56 Å². The van der Waals surface area contributed by atoms with Crippen molar-refractivity contribution in [2.45, 2.75) is 65.3 Å². The summed E-state index contributed by atoms with van der Waals surface area (Å²) in [6, 6.07) is 14.2. The Morgan fingerprint density at radius 3 is 2.14 bits per heavy atom. The third-order valence-electron chi connectivity index (χ3n) is 7.51. The number of benzene rings is 2. The lowest BCUT2D eigenvalue weighted by atomic mass is 9.51. The highest BCUT2D eigenvalue weighted by molar-refractivity contribution is 5.84. The van der Waals surface area contributed by atoms with E-state index in [1.807, 2.05) is 0 Å². The lowest BCUT2D eigenvalue weighted by molar-refractivity contribution is -0.736. The summed E-state index contributed by atoms with van der Waals surface area (Å²) in [6.45, 7) is 13.7. The summed E-state index contributed by atoms with van der Waals surface area (Å²) in [7, 11) is 0. The Balaban J connectivity index is 2.04. The van der Waals surface area contributed by atoms with E-state index in [4.69, 9.17) is 0 Å². The summed E-state index contributed by atoms with van der Waals surface area (Å²) in [6.07, 6.45) is 7.21. The normalized spacial score (nSPS) is 24.5. The van der Waals surface area contributed by atoms with Crippen LogP contribution in [0.25, 0.3) is 22.2 Å². The fourth-order valence-corrected chi connectivity index (χ4v) is 6.37. The van der Waals surface area contributed by atoms with E-state index in [9.17, 15) is 0 Å². The van der Waals surface area contributed by atoms with Crippen molar-refractivity contribution in [3.63, 3.8) is 0 Å². The van der Waals surface area contributed by atoms with Gasteiger partial charge in [-0.05, 0) is 74.6 Å². The predicted molar refractivity (Wildman–Crippen MR) is 118 cm³/mol. The summed E-state index contributed by atoms with van der Waals surface area (Å²) in [5.41, 5.74) is 11.3. The molecule has 2 atom stereocenters. The molecule has 0 bridgehead atoms. The fourth-order valence-electron chi connectivity index (χ4n) is 6.37. The maximum atomic E-state index is 2.69. The predicted octanol–water partition coefficient (Wildman–Crippen LogP) is 6.36. The quantitative estimate of drug-likeness (QED) is 0.366. The molecule has 0 fully saturated rings. The highest BCUT2D eigenvalue weighted by Crippen LogP contribution is 2.58. The molecule has 5 rings (SSSR count). The molecule has 1 nitrogen and oxygen atoms in total. The van der Waals surface area contributed by atoms with Gasteiger partial charge in [-0.1, -0.05) is 37.6 Å². The average Bonchev–Trinajstić information content (AvgIpc) is 2.63. The topological polar surface area (TPSA) is 3.88 Å². The number of fused-ring (bicyclic) bond motifs is 8. The number of aromatic nitrogens is 1. The van der Waals surface area contributed by atoms with Crippen molar-refractivity contribution in [1.29, 1.82) is 0 Å². The molecule has 1 aliphatic heterocycles. The Morgan fingerprint density at radius 1 is 0.786 bits per heavy atom. The minimum absolute atomic E-state index is 0.0177. The van der Waals surface area contributed by atoms with Crippen molar-refractivity contribution >= 4 is 10.9 Å². The van der Waals surface area contributed by atoms with E-state index >= 15 is 0 Å². The van der Waals surface area contributed by atoms with Gasteiger partial charge in [0.25, 0.3) is 0 Å². The van der Waals surface area contributed by atoms with E-state index < -0.39 is 0 Å². The van der Waals surface area contributed by atoms with Crippen LogP contribution in [-0.2, 0) is 11.0 Å². The number of rotatable bonds is 2. The van der Waals surface area contributed by atoms with Gasteiger partial charge in [0, 0.05) is 23.9 Å². The van der Waals surface area contributed by atoms with Crippen LogP contribution in [0.4, 0.5) is 0 Å². The van der Waals surface area contributed by atoms with Gasteiger partial charge >= 0.3 is 0 Å². The molecule has 142 valence electrons. The van der Waals surface area contributed by atoms with Crippen LogP contribution in [0.15, 0.2) is 48.6 Å². The van der Waals surface area contributed by atoms with Crippen molar-refractivity contribution in [3.05, 3.63) is 76.4 Å². The van der Waals surface area contributed by atoms with E-state index in [0.29, 0.717) is 0 Å². The summed E-state index contributed by atoms with van der Waals surface area (Å²) in [4.78, 5) is 0. The van der Waals surface area contributed by atoms with Crippen molar-refractivity contribution in [3.8, 4) is 11.3 Å². The lowest BCUT2D eigenvalue weighted by Crippen LogP contribution is -2.72. The first-order valence-corrected chi connectivity index (χ1v) is 10.7. The molecular weight excluding hydrogens is 338 g/mol. The second-order valence-corrected chi connectivity index (χ2v) is 9.01. The second kappa shape index (κ2) is 5.56. The minimum atomic E-state index is 0.0177. The van der Waals surface area contributed by atoms with E-state index in [2.05, 4.69) is 94.7 Å². The van der Waals surface area contributed by atoms with Crippen LogP contribution in [0.5, 0.6) is 0 Å². The van der Waals surface area contributed by atoms with Gasteiger partial charge in [0.05, 0.1) is 11.0 Å². The first-order chi connectivity index (χ1) is 13.4. The van der Waals surface area contributed by atoms with Crippen molar-refractivity contribution in [1.82, 2.24) is 0 Å². The molecule has 0 saturated heterocycles. The van der Waals surface area contributed by atoms with E-state index in [1.165, 1.54) is 44.4 Å². The molecule has 2 heterocycles. The third-order valence-corrected chi connectivity index (χ3v) is 7.51. The summed E-state index contributed by atoms with van der Waals surface area (Å²) < 4.78 is 2.69. The molecule has 0 saturated carbocycles. The largest absolute Gasteiger partial charge is 0.214 e. The average molecular weight is 369 g/mol. The number of hydrogen-bond acceptors (Lipinski definition) is 0. The standard InChI is InChI=1S/C27H30N/c1-7-26-11-12-27(26,8-2)28-23(22-15-17(3)14-20(6)25(22)26)10-9-21-19(5)13-18(4)16-24(21)28/h9-16H,7-8H2,1-6H3/q+1. The van der Waals surface area contributed by atoms with Gasteiger partial charge < -0.3 is 0 Å². The minimum Gasteiger partial charge on any atom is -0.181 e. The van der Waals surface area contributed by atoms with Crippen molar-refractivity contribution in [2.75, 3.05) is 0 Å². The van der Waals surface area contributed by atoms with Crippen LogP contribution < -0.4 is 4.57 Å². The zero-order chi connectivity index (χ0) is 19.8. The molecule has 0 radical (unpaired) electrons. The van der Waals surface area contributed by atoms with Gasteiger partial charge in [-0.15, -0.1) is 0 Å². The van der Waals surface area contributed by atoms with Gasteiger partial charge in [-0.3, -0.25) is 0 Å². The second-order valence-electron chi connectivity index (χ2n) is 9.01. The maximum Gasteiger partial charge on any atom is 0.214 e. The molecule has 0 amide bonds. The summed E-state index contributed by atoms with van der Waals surface area (Å²) in [5, 5.41) is 1.38. The SMILES string of the molecule is CCC12C=CC1(CC)[n+]1c(ccc3c(C)cc(C)cc31)-c1cc(C)cc(C)c12. The molecule has 2 aromatic carbocycles. The Morgan fingerprint density at radius 2 is 1.50 bits per heavy atom. The molecule has 0 N–H and O–H groups in total. The van der Waals surface area contributed by atoms with Crippen LogP contribution in [-0.4, -0.2) is 0 Å². The summed E-state index contributed by atoms with van der Waals surface area (Å²) in [5.74, 6) is 0. The zero-order valence-corrected chi connectivity index (χ0v) is 18.0. The van der Waals surface area contributed by atoms with Gasteiger partial charge in [-0.25, -0.2) is 0 Å². The highest BCUT2D eigenvalue weighted by atomic mass is 15.1.